The number of ether oxygens (including phenoxy) is 7. The van der Waals surface area contributed by atoms with E-state index in [0.717, 1.165) is 0 Å². The molecule has 0 saturated carbocycles. The molecule has 4 aliphatic rings. The Morgan fingerprint density at radius 3 is 2.15 bits per heavy atom. The van der Waals surface area contributed by atoms with Crippen molar-refractivity contribution in [1.82, 2.24) is 4.90 Å². The summed E-state index contributed by atoms with van der Waals surface area (Å²) in [6, 6.07) is 0.277. The molecule has 4 rings (SSSR count). The Kier molecular flexibility index (Phi) is 14.6. The van der Waals surface area contributed by atoms with E-state index < -0.39 is 108 Å². The normalized spacial score (nSPS) is 48.7. The molecule has 0 aromatic carbocycles. The molecular weight excluding hydrogens is 716 g/mol. The third-order valence-corrected chi connectivity index (χ3v) is 12.5. The summed E-state index contributed by atoms with van der Waals surface area (Å²) < 4.78 is 44.3. The lowest BCUT2D eigenvalue weighted by Crippen LogP contribution is -2.60. The lowest BCUT2D eigenvalue weighted by atomic mass is 9.74. The van der Waals surface area contributed by atoms with E-state index in [-0.39, 0.29) is 37.5 Å². The molecule has 0 aliphatic carbocycles. The zero-order chi connectivity index (χ0) is 41.5. The smallest absolute Gasteiger partial charge is 0.311 e. The van der Waals surface area contributed by atoms with Gasteiger partial charge in [-0.05, 0) is 74.7 Å². The standard InChI is InChI=1S/C40H70N2O13/c1-15-27-40(12,48)32(44)22(6)29(43)20(4)17-38(10,47)34(55-36-31-26(16-21(5)50-36)42(13)37(54-31)41-19(2)3)23(7)30(24(8)35(46)52-27)53-28-18-39(11,49-14)33(45)25(9)51-28/h19-28,30-34,36,44-45,47-48H,15-18H2,1-14H3/t20-,21-,22+,23+,24-,25+,26+,27-,28+,30+,31-,32-,33+,34-,36-,38-,39-,40-/m1/s1. The van der Waals surface area contributed by atoms with Crippen molar-refractivity contribution in [3.05, 3.63) is 0 Å². The molecule has 4 saturated heterocycles. The molecule has 0 radical (unpaired) electrons. The number of nitrogens with zero attached hydrogens (tertiary/aromatic N) is 2. The van der Waals surface area contributed by atoms with E-state index in [0.29, 0.717) is 12.4 Å². The number of rotatable bonds is 7. The van der Waals surface area contributed by atoms with Gasteiger partial charge in [-0.1, -0.05) is 27.7 Å². The van der Waals surface area contributed by atoms with Gasteiger partial charge in [-0.3, -0.25) is 9.59 Å². The van der Waals surface area contributed by atoms with Gasteiger partial charge in [0.2, 0.25) is 0 Å². The highest BCUT2D eigenvalue weighted by molar-refractivity contribution is 5.83. The summed E-state index contributed by atoms with van der Waals surface area (Å²) in [5.74, 6) is -4.86. The molecule has 0 spiro atoms. The fourth-order valence-corrected chi connectivity index (χ4v) is 9.08. The number of fused-ring (bicyclic) bond motifs is 1. The molecule has 15 nitrogen and oxygen atoms in total. The van der Waals surface area contributed by atoms with E-state index >= 15 is 0 Å². The first-order valence-electron chi connectivity index (χ1n) is 20.1. The summed E-state index contributed by atoms with van der Waals surface area (Å²) in [4.78, 5) is 34.8. The Bertz CT molecular complexity index is 1360. The third-order valence-electron chi connectivity index (χ3n) is 12.5. The number of carbonyl (C=O) groups excluding carboxylic acids is 2. The minimum absolute atomic E-state index is 0.0310. The van der Waals surface area contributed by atoms with Crippen molar-refractivity contribution in [3.8, 4) is 0 Å². The predicted octanol–water partition coefficient (Wildman–Crippen LogP) is 2.96. The first kappa shape index (κ1) is 45.7. The van der Waals surface area contributed by atoms with E-state index in [9.17, 15) is 30.0 Å². The van der Waals surface area contributed by atoms with Gasteiger partial charge in [-0.15, -0.1) is 0 Å². The van der Waals surface area contributed by atoms with Gasteiger partial charge in [0, 0.05) is 44.4 Å². The molecule has 318 valence electrons. The zero-order valence-corrected chi connectivity index (χ0v) is 35.4. The number of aliphatic imine (C=N–C) groups is 1. The number of Topliss-reactive ketones (excluding diaryl/α,β-unsaturated/α-hetero) is 1. The number of cyclic esters (lactones) is 1. The van der Waals surface area contributed by atoms with Crippen LogP contribution in [0.1, 0.15) is 109 Å². The summed E-state index contributed by atoms with van der Waals surface area (Å²) in [6.07, 6.45) is -8.72. The largest absolute Gasteiger partial charge is 0.459 e. The highest BCUT2D eigenvalue weighted by Crippen LogP contribution is 2.42. The van der Waals surface area contributed by atoms with Crippen molar-refractivity contribution in [2.45, 2.75) is 199 Å². The fraction of sp³-hybridized carbons (Fsp3) is 0.925. The van der Waals surface area contributed by atoms with Crippen molar-refractivity contribution >= 4 is 17.8 Å². The van der Waals surface area contributed by atoms with Crippen molar-refractivity contribution in [1.29, 1.82) is 0 Å². The molecule has 15 heteroatoms. The molecule has 55 heavy (non-hydrogen) atoms. The van der Waals surface area contributed by atoms with Crippen LogP contribution in [-0.2, 0) is 42.7 Å². The lowest BCUT2D eigenvalue weighted by molar-refractivity contribution is -0.313. The van der Waals surface area contributed by atoms with Crippen LogP contribution in [0.3, 0.4) is 0 Å². The monoisotopic (exact) mass is 786 g/mol. The second-order valence-electron chi connectivity index (χ2n) is 17.7. The summed E-state index contributed by atoms with van der Waals surface area (Å²) in [5, 5.41) is 46.6. The van der Waals surface area contributed by atoms with Gasteiger partial charge in [0.15, 0.2) is 18.7 Å². The van der Waals surface area contributed by atoms with Gasteiger partial charge in [0.05, 0.1) is 53.7 Å². The molecule has 0 bridgehead atoms. The number of ketones is 1. The van der Waals surface area contributed by atoms with Crippen LogP contribution >= 0.6 is 0 Å². The van der Waals surface area contributed by atoms with Crippen LogP contribution in [-0.4, -0.2) is 148 Å². The van der Waals surface area contributed by atoms with Crippen LogP contribution in [0.5, 0.6) is 0 Å². The molecule has 4 fully saturated rings. The molecule has 0 unspecified atom stereocenters. The van der Waals surface area contributed by atoms with Crippen LogP contribution < -0.4 is 0 Å². The summed E-state index contributed by atoms with van der Waals surface area (Å²) in [5.41, 5.74) is -4.80. The highest BCUT2D eigenvalue weighted by atomic mass is 16.7. The van der Waals surface area contributed by atoms with Gasteiger partial charge in [0.25, 0.3) is 6.02 Å². The predicted molar refractivity (Wildman–Crippen MR) is 202 cm³/mol. The number of likely N-dealkylation sites (N-methyl/N-ethyl adjacent to an activating group) is 1. The molecular formula is C40H70N2O13. The summed E-state index contributed by atoms with van der Waals surface area (Å²) >= 11 is 0. The van der Waals surface area contributed by atoms with Gasteiger partial charge in [0.1, 0.15) is 23.6 Å². The van der Waals surface area contributed by atoms with Gasteiger partial charge in [-0.2, -0.15) is 0 Å². The maximum absolute atomic E-state index is 14.2. The van der Waals surface area contributed by atoms with Crippen molar-refractivity contribution in [3.63, 3.8) is 0 Å². The topological polar surface area (TPSA) is 195 Å². The Morgan fingerprint density at radius 2 is 1.56 bits per heavy atom. The van der Waals surface area contributed by atoms with Gasteiger partial charge < -0.3 is 58.5 Å². The van der Waals surface area contributed by atoms with E-state index in [1.165, 1.54) is 21.0 Å². The average Bonchev–Trinajstić information content (AvgIpc) is 3.41. The third kappa shape index (κ3) is 9.52. The van der Waals surface area contributed by atoms with E-state index in [1.807, 2.05) is 32.7 Å². The number of aliphatic hydroxyl groups is 4. The average molecular weight is 787 g/mol. The lowest BCUT2D eigenvalue weighted by Gasteiger charge is -2.48. The fourth-order valence-electron chi connectivity index (χ4n) is 9.08. The second-order valence-corrected chi connectivity index (χ2v) is 17.7. The van der Waals surface area contributed by atoms with Crippen molar-refractivity contribution in [2.75, 3.05) is 14.2 Å². The van der Waals surface area contributed by atoms with E-state index in [1.54, 1.807) is 48.5 Å². The van der Waals surface area contributed by atoms with Crippen LogP contribution in [0.15, 0.2) is 4.99 Å². The SMILES string of the molecule is CC[C@H]1OC(=O)[C@H](C)[C@@H](O[C@H]2C[C@@](C)(OC)[C@@H](O)[C@H](C)O2)[C@H](C)[C@@H](O[C@H]2O[C@H](C)C[C@H]3[C@H]2OC(=NC(C)C)N3C)[C@](C)(O)C[C@@H](C)C(=O)[C@H](C)[C@@H](O)[C@]1(C)O. The summed E-state index contributed by atoms with van der Waals surface area (Å²) in [7, 11) is 3.41. The number of amidine groups is 1. The molecule has 18 atom stereocenters. The maximum Gasteiger partial charge on any atom is 0.311 e. The van der Waals surface area contributed by atoms with Crippen molar-refractivity contribution < 1.29 is 63.2 Å². The van der Waals surface area contributed by atoms with Gasteiger partial charge in [-0.25, -0.2) is 4.99 Å². The number of aliphatic hydroxyl groups excluding tert-OH is 2. The maximum atomic E-state index is 14.2. The molecule has 0 amide bonds. The zero-order valence-electron chi connectivity index (χ0n) is 35.4. The number of carbonyl (C=O) groups is 2. The number of methoxy groups -OCH3 is 1. The van der Waals surface area contributed by atoms with Crippen LogP contribution in [0.4, 0.5) is 0 Å². The van der Waals surface area contributed by atoms with E-state index in [2.05, 4.69) is 4.99 Å². The Labute approximate surface area is 327 Å². The molecule has 4 aliphatic heterocycles. The minimum atomic E-state index is -1.99. The van der Waals surface area contributed by atoms with Crippen molar-refractivity contribution in [2.24, 2.45) is 28.7 Å². The molecule has 4 heterocycles. The van der Waals surface area contributed by atoms with Crippen LogP contribution in [0, 0.1) is 23.7 Å². The van der Waals surface area contributed by atoms with Crippen LogP contribution in [0.25, 0.3) is 0 Å². The molecule has 0 aromatic rings. The Hall–Kier alpha value is -1.95. The van der Waals surface area contributed by atoms with E-state index in [4.69, 9.17) is 33.2 Å². The first-order valence-corrected chi connectivity index (χ1v) is 20.1. The quantitative estimate of drug-likeness (QED) is 0.275. The minimum Gasteiger partial charge on any atom is -0.459 e. The molecule has 0 aromatic heterocycles. The second kappa shape index (κ2) is 17.5. The Morgan fingerprint density at radius 1 is 0.927 bits per heavy atom. The Balaban J connectivity index is 1.84. The molecule has 4 N–H and O–H groups in total. The van der Waals surface area contributed by atoms with Gasteiger partial charge >= 0.3 is 5.97 Å². The number of esters is 1. The number of hydrogen-bond donors (Lipinski definition) is 4. The van der Waals surface area contributed by atoms with Crippen LogP contribution in [0.2, 0.25) is 0 Å². The summed E-state index contributed by atoms with van der Waals surface area (Å²) in [6.45, 7) is 20.6. The first-order chi connectivity index (χ1) is 25.4. The highest BCUT2D eigenvalue weighted by Gasteiger charge is 2.55. The number of hydrogen-bond acceptors (Lipinski definition) is 14.